The third kappa shape index (κ3) is 5.33. The molecule has 2 aromatic rings. The van der Waals surface area contributed by atoms with Gasteiger partial charge in [0.25, 0.3) is 5.91 Å². The van der Waals surface area contributed by atoms with Gasteiger partial charge in [0.2, 0.25) is 0 Å². The molecule has 0 atom stereocenters. The van der Waals surface area contributed by atoms with E-state index in [-0.39, 0.29) is 56.6 Å². The van der Waals surface area contributed by atoms with Crippen LogP contribution in [0.1, 0.15) is 33.6 Å². The van der Waals surface area contributed by atoms with Gasteiger partial charge in [-0.05, 0) is 25.5 Å². The fourth-order valence-electron chi connectivity index (χ4n) is 2.26. The van der Waals surface area contributed by atoms with Crippen molar-refractivity contribution < 1.29 is 54.0 Å². The fourth-order valence-corrected chi connectivity index (χ4v) is 3.17. The molecule has 1 heterocycles. The second-order valence-electron chi connectivity index (χ2n) is 5.16. The van der Waals surface area contributed by atoms with Crippen LogP contribution < -0.4 is 4.80 Å². The number of hydrogen-bond acceptors (Lipinski definition) is 3. The van der Waals surface area contributed by atoms with Crippen LogP contribution >= 0.6 is 11.3 Å². The van der Waals surface area contributed by atoms with E-state index in [1.54, 1.807) is 11.4 Å². The number of benzene rings is 1. The summed E-state index contributed by atoms with van der Waals surface area (Å²) in [5, 5.41) is 11.2. The molecule has 0 aliphatic rings. The number of aliphatic hydroxyl groups excluding tert-OH is 1. The number of amides is 1. The minimum Gasteiger partial charge on any atom is -0.677 e. The first-order valence-electron chi connectivity index (χ1n) is 7.15. The number of carbonyl (C=O) groups is 1. The van der Waals surface area contributed by atoms with E-state index in [0.717, 1.165) is 16.8 Å². The smallest absolute Gasteiger partial charge is 0.279 e. The second kappa shape index (κ2) is 9.85. The van der Waals surface area contributed by atoms with Gasteiger partial charge in [-0.3, -0.25) is 4.79 Å². The number of thiazole rings is 1. The van der Waals surface area contributed by atoms with E-state index in [0.29, 0.717) is 29.9 Å². The standard InChI is InChI=1S/C16H20N3O2S.Ac/c1-11-4-5-14(12(2)8-11)15(21)18-16-19(7-3-6-17)13(9-20)10-22-16;/h4-5,8,10,17,20H,3,6-7,9H2,1-2H3;/q-1;. The van der Waals surface area contributed by atoms with Crippen molar-refractivity contribution in [1.82, 2.24) is 4.57 Å². The Kier molecular flexibility index (Phi) is 8.88. The van der Waals surface area contributed by atoms with Gasteiger partial charge in [0.15, 0.2) is 4.80 Å². The van der Waals surface area contributed by atoms with E-state index in [4.69, 9.17) is 5.73 Å². The van der Waals surface area contributed by atoms with Gasteiger partial charge < -0.3 is 15.4 Å². The number of nitrogens with one attached hydrogen (secondary N) is 1. The Morgan fingerprint density at radius 1 is 1.39 bits per heavy atom. The Labute approximate surface area is 175 Å². The van der Waals surface area contributed by atoms with Gasteiger partial charge in [-0.25, -0.2) is 0 Å². The number of aryl methyl sites for hydroxylation is 2. The quantitative estimate of drug-likeness (QED) is 0.628. The maximum atomic E-state index is 12.4. The Balaban J connectivity index is 0.00000264. The Bertz CT molecular complexity index is 737. The molecule has 1 aromatic heterocycles. The summed E-state index contributed by atoms with van der Waals surface area (Å²) < 4.78 is 1.82. The molecule has 121 valence electrons. The van der Waals surface area contributed by atoms with Gasteiger partial charge in [0, 0.05) is 61.6 Å². The van der Waals surface area contributed by atoms with E-state index in [2.05, 4.69) is 4.99 Å². The zero-order valence-corrected chi connectivity index (χ0v) is 18.9. The molecule has 1 radical (unpaired) electrons. The molecule has 0 unspecified atom stereocenters. The summed E-state index contributed by atoms with van der Waals surface area (Å²) in [4.78, 5) is 17.2. The van der Waals surface area contributed by atoms with Crippen LogP contribution in [0.2, 0.25) is 0 Å². The fraction of sp³-hybridized carbons (Fsp3) is 0.375. The van der Waals surface area contributed by atoms with Crippen molar-refractivity contribution in [2.45, 2.75) is 33.4 Å². The first-order chi connectivity index (χ1) is 10.6. The molecular weight excluding hydrogens is 525 g/mol. The van der Waals surface area contributed by atoms with Gasteiger partial charge in [-0.15, -0.1) is 17.9 Å². The summed E-state index contributed by atoms with van der Waals surface area (Å²) in [6, 6.07) is 5.66. The van der Waals surface area contributed by atoms with E-state index in [9.17, 15) is 9.90 Å². The summed E-state index contributed by atoms with van der Waals surface area (Å²) >= 11 is 1.34. The molecule has 23 heavy (non-hydrogen) atoms. The van der Waals surface area contributed by atoms with Crippen molar-refractivity contribution >= 4 is 17.2 Å². The van der Waals surface area contributed by atoms with Crippen LogP contribution in [0.15, 0.2) is 28.6 Å². The van der Waals surface area contributed by atoms with Gasteiger partial charge in [-0.2, -0.15) is 4.99 Å². The number of nitrogens with zero attached hydrogens (tertiary/aromatic N) is 2. The third-order valence-corrected chi connectivity index (χ3v) is 4.32. The molecule has 0 fully saturated rings. The van der Waals surface area contributed by atoms with Crippen molar-refractivity contribution in [1.29, 1.82) is 0 Å². The molecule has 0 spiro atoms. The van der Waals surface area contributed by atoms with Gasteiger partial charge in [0.1, 0.15) is 0 Å². The summed E-state index contributed by atoms with van der Waals surface area (Å²) in [6.07, 6.45) is 0.661. The summed E-state index contributed by atoms with van der Waals surface area (Å²) in [5.74, 6) is -0.275. The van der Waals surface area contributed by atoms with Crippen molar-refractivity contribution in [3.05, 3.63) is 56.5 Å². The number of hydrogen-bond donors (Lipinski definition) is 1. The SMILES string of the molecule is Cc1ccc(C(=O)N=c2scc(CO)n2CCC[NH-])c(C)c1.[Ac]. The molecule has 0 saturated carbocycles. The number of rotatable bonds is 5. The van der Waals surface area contributed by atoms with Gasteiger partial charge in [0.05, 0.1) is 12.3 Å². The monoisotopic (exact) mass is 545 g/mol. The van der Waals surface area contributed by atoms with Crippen molar-refractivity contribution in [2.75, 3.05) is 6.54 Å². The first-order valence-corrected chi connectivity index (χ1v) is 8.03. The van der Waals surface area contributed by atoms with Crippen LogP contribution in [0.5, 0.6) is 0 Å². The molecule has 5 nitrogen and oxygen atoms in total. The van der Waals surface area contributed by atoms with Crippen LogP contribution in [0.25, 0.3) is 5.73 Å². The zero-order valence-electron chi connectivity index (χ0n) is 13.4. The van der Waals surface area contributed by atoms with Crippen molar-refractivity contribution in [2.24, 2.45) is 4.99 Å². The van der Waals surface area contributed by atoms with Crippen molar-refractivity contribution in [3.8, 4) is 0 Å². The van der Waals surface area contributed by atoms with Crippen LogP contribution in [0, 0.1) is 57.9 Å². The Morgan fingerprint density at radius 3 is 2.74 bits per heavy atom. The Hall–Kier alpha value is -0.318. The molecule has 1 amide bonds. The predicted octanol–water partition coefficient (Wildman–Crippen LogP) is 2.84. The number of aromatic nitrogens is 1. The maximum Gasteiger partial charge on any atom is 0.279 e. The van der Waals surface area contributed by atoms with Crippen LogP contribution in [-0.4, -0.2) is 22.1 Å². The maximum absolute atomic E-state index is 12.4. The number of carbonyl (C=O) groups excluding carboxylic acids is 1. The topological polar surface area (TPSA) is 78.4 Å². The average molecular weight is 545 g/mol. The third-order valence-electron chi connectivity index (χ3n) is 3.41. The predicted molar refractivity (Wildman–Crippen MR) is 87.8 cm³/mol. The van der Waals surface area contributed by atoms with Crippen LogP contribution in [0.4, 0.5) is 0 Å². The molecule has 0 aliphatic carbocycles. The largest absolute Gasteiger partial charge is 0.677 e. The molecule has 0 saturated heterocycles. The normalized spacial score (nSPS) is 11.4. The van der Waals surface area contributed by atoms with Gasteiger partial charge in [-0.1, -0.05) is 24.1 Å². The Morgan fingerprint density at radius 2 is 2.13 bits per heavy atom. The van der Waals surface area contributed by atoms with Crippen LogP contribution in [0.3, 0.4) is 0 Å². The summed E-state index contributed by atoms with van der Waals surface area (Å²) in [7, 11) is 0. The van der Waals surface area contributed by atoms with Crippen molar-refractivity contribution in [3.63, 3.8) is 0 Å². The molecule has 0 aliphatic heterocycles. The van der Waals surface area contributed by atoms with Gasteiger partial charge >= 0.3 is 0 Å². The zero-order chi connectivity index (χ0) is 16.1. The number of aliphatic hydroxyl groups is 1. The first kappa shape index (κ1) is 20.7. The average Bonchev–Trinajstić information content (AvgIpc) is 2.86. The minimum absolute atomic E-state index is 0. The summed E-state index contributed by atoms with van der Waals surface area (Å²) in [5.41, 5.74) is 10.6. The van der Waals surface area contributed by atoms with E-state index in [1.165, 1.54) is 11.3 Å². The minimum atomic E-state index is -0.275. The molecule has 0 bridgehead atoms. The molecule has 2 rings (SSSR count). The second-order valence-corrected chi connectivity index (χ2v) is 5.99. The molecule has 7 heteroatoms. The van der Waals surface area contributed by atoms with E-state index < -0.39 is 0 Å². The molecule has 1 aromatic carbocycles. The van der Waals surface area contributed by atoms with E-state index >= 15 is 0 Å². The van der Waals surface area contributed by atoms with E-state index in [1.807, 2.05) is 30.5 Å². The summed E-state index contributed by atoms with van der Waals surface area (Å²) in [6.45, 7) is 4.68. The molecular formula is C16H20AcN3O2S-. The van der Waals surface area contributed by atoms with Crippen LogP contribution in [-0.2, 0) is 13.2 Å². The molecule has 2 N–H and O–H groups in total.